The van der Waals surface area contributed by atoms with Crippen LogP contribution in [0.3, 0.4) is 0 Å². The van der Waals surface area contributed by atoms with E-state index in [9.17, 15) is 9.18 Å². The van der Waals surface area contributed by atoms with Gasteiger partial charge in [-0.3, -0.25) is 9.78 Å². The molecule has 0 saturated heterocycles. The van der Waals surface area contributed by atoms with E-state index in [4.69, 9.17) is 4.98 Å². The van der Waals surface area contributed by atoms with E-state index in [0.29, 0.717) is 13.0 Å². The van der Waals surface area contributed by atoms with Gasteiger partial charge in [-0.1, -0.05) is 27.7 Å². The maximum absolute atomic E-state index is 13.6. The van der Waals surface area contributed by atoms with Crippen molar-refractivity contribution in [3.63, 3.8) is 0 Å². The van der Waals surface area contributed by atoms with E-state index in [1.807, 2.05) is 40.7 Å². The third-order valence-electron chi connectivity index (χ3n) is 4.95. The van der Waals surface area contributed by atoms with Gasteiger partial charge in [0.2, 0.25) is 5.91 Å². The lowest BCUT2D eigenvalue weighted by Crippen LogP contribution is -2.34. The molecular weight excluding hydrogens is 355 g/mol. The van der Waals surface area contributed by atoms with Crippen LogP contribution in [0.1, 0.15) is 62.5 Å². The second kappa shape index (κ2) is 7.49. The highest BCUT2D eigenvalue weighted by Crippen LogP contribution is 2.32. The summed E-state index contributed by atoms with van der Waals surface area (Å²) < 4.78 is 13.6. The van der Waals surface area contributed by atoms with Crippen LogP contribution in [0.4, 0.5) is 15.9 Å². The second-order valence-corrected chi connectivity index (χ2v) is 9.02. The van der Waals surface area contributed by atoms with Crippen LogP contribution in [0.5, 0.6) is 0 Å². The van der Waals surface area contributed by atoms with Gasteiger partial charge in [0.25, 0.3) is 0 Å². The molecule has 0 saturated carbocycles. The number of hydrogen-bond donors (Lipinski definition) is 1. The van der Waals surface area contributed by atoms with Crippen molar-refractivity contribution < 1.29 is 9.18 Å². The fraction of sp³-hybridized carbons (Fsp3) is 0.500. The van der Waals surface area contributed by atoms with Gasteiger partial charge in [0, 0.05) is 25.4 Å². The summed E-state index contributed by atoms with van der Waals surface area (Å²) in [5.41, 5.74) is 4.32. The molecule has 0 aliphatic carbocycles. The van der Waals surface area contributed by atoms with Gasteiger partial charge in [-0.15, -0.1) is 0 Å². The summed E-state index contributed by atoms with van der Waals surface area (Å²) in [4.78, 5) is 23.5. The summed E-state index contributed by atoms with van der Waals surface area (Å²) in [7, 11) is 0. The zero-order valence-electron chi connectivity index (χ0n) is 17.6. The van der Waals surface area contributed by atoms with Gasteiger partial charge in [-0.05, 0) is 42.5 Å². The molecule has 0 aromatic carbocycles. The molecule has 0 spiro atoms. The number of amides is 1. The number of hydrogen-bond acceptors (Lipinski definition) is 4. The van der Waals surface area contributed by atoms with Gasteiger partial charge in [0.05, 0.1) is 23.3 Å². The second-order valence-electron chi connectivity index (χ2n) is 9.02. The van der Waals surface area contributed by atoms with Crippen molar-refractivity contribution in [3.8, 4) is 0 Å². The van der Waals surface area contributed by atoms with Crippen LogP contribution >= 0.6 is 0 Å². The Kier molecular flexibility index (Phi) is 5.41. The van der Waals surface area contributed by atoms with Gasteiger partial charge in [-0.25, -0.2) is 9.37 Å². The van der Waals surface area contributed by atoms with Gasteiger partial charge < -0.3 is 10.2 Å². The molecule has 3 rings (SSSR count). The Morgan fingerprint density at radius 3 is 2.68 bits per heavy atom. The van der Waals surface area contributed by atoms with Crippen molar-refractivity contribution in [2.24, 2.45) is 5.41 Å². The molecule has 0 fully saturated rings. The molecule has 1 unspecified atom stereocenters. The fourth-order valence-electron chi connectivity index (χ4n) is 3.75. The number of carbonyl (C=O) groups is 1. The highest BCUT2D eigenvalue weighted by molar-refractivity contribution is 5.92. The van der Waals surface area contributed by atoms with Gasteiger partial charge in [0.1, 0.15) is 11.6 Å². The van der Waals surface area contributed by atoms with Crippen molar-refractivity contribution in [1.29, 1.82) is 0 Å². The lowest BCUT2D eigenvalue weighted by atomic mass is 9.92. The lowest BCUT2D eigenvalue weighted by Gasteiger charge is -2.33. The topological polar surface area (TPSA) is 58.1 Å². The average molecular weight is 384 g/mol. The molecule has 0 bridgehead atoms. The van der Waals surface area contributed by atoms with E-state index >= 15 is 0 Å². The zero-order valence-corrected chi connectivity index (χ0v) is 17.6. The van der Waals surface area contributed by atoms with Crippen molar-refractivity contribution in [1.82, 2.24) is 9.97 Å². The first-order valence-electron chi connectivity index (χ1n) is 9.71. The molecule has 1 atom stereocenters. The molecule has 28 heavy (non-hydrogen) atoms. The number of halogens is 1. The van der Waals surface area contributed by atoms with E-state index in [0.717, 1.165) is 40.6 Å². The highest BCUT2D eigenvalue weighted by Gasteiger charge is 2.26. The number of nitrogens with zero attached hydrogens (tertiary/aromatic N) is 3. The number of pyridine rings is 2. The SMILES string of the molecule is Cc1cc(N2Cc3cc(F)cnc3C(C)C2)nc(C)c1NC(=O)CC(C)(C)C. The van der Waals surface area contributed by atoms with Crippen LogP contribution < -0.4 is 10.2 Å². The van der Waals surface area contributed by atoms with Crippen LogP contribution in [-0.2, 0) is 11.3 Å². The van der Waals surface area contributed by atoms with Crippen molar-refractivity contribution in [3.05, 3.63) is 46.7 Å². The molecule has 3 heterocycles. The first-order chi connectivity index (χ1) is 13.0. The third-order valence-corrected chi connectivity index (χ3v) is 4.95. The summed E-state index contributed by atoms with van der Waals surface area (Å²) in [5.74, 6) is 0.712. The van der Waals surface area contributed by atoms with Crippen LogP contribution in [0, 0.1) is 25.1 Å². The monoisotopic (exact) mass is 384 g/mol. The van der Waals surface area contributed by atoms with Crippen LogP contribution in [-0.4, -0.2) is 22.4 Å². The summed E-state index contributed by atoms with van der Waals surface area (Å²) in [5, 5.41) is 3.02. The van der Waals surface area contributed by atoms with Gasteiger partial charge >= 0.3 is 0 Å². The van der Waals surface area contributed by atoms with Crippen LogP contribution in [0.25, 0.3) is 0 Å². The average Bonchev–Trinajstić information content (AvgIpc) is 2.55. The smallest absolute Gasteiger partial charge is 0.224 e. The van der Waals surface area contributed by atoms with Crippen molar-refractivity contribution in [2.75, 3.05) is 16.8 Å². The minimum Gasteiger partial charge on any atom is -0.352 e. The number of carbonyl (C=O) groups excluding carboxylic acids is 1. The molecule has 1 aliphatic rings. The lowest BCUT2D eigenvalue weighted by molar-refractivity contribution is -0.117. The van der Waals surface area contributed by atoms with Crippen molar-refractivity contribution in [2.45, 2.75) is 60.4 Å². The predicted molar refractivity (Wildman–Crippen MR) is 110 cm³/mol. The number of aryl methyl sites for hydroxylation is 2. The fourth-order valence-corrected chi connectivity index (χ4v) is 3.75. The Hall–Kier alpha value is -2.50. The first kappa shape index (κ1) is 20.2. The molecule has 5 nitrogen and oxygen atoms in total. The largest absolute Gasteiger partial charge is 0.352 e. The minimum atomic E-state index is -0.315. The number of aromatic nitrogens is 2. The van der Waals surface area contributed by atoms with E-state index < -0.39 is 0 Å². The number of rotatable bonds is 3. The molecule has 1 aliphatic heterocycles. The molecular formula is C22H29FN4O. The van der Waals surface area contributed by atoms with Crippen LogP contribution in [0.15, 0.2) is 18.3 Å². The van der Waals surface area contributed by atoms with Gasteiger partial charge in [-0.2, -0.15) is 0 Å². The quantitative estimate of drug-likeness (QED) is 0.831. The van der Waals surface area contributed by atoms with Crippen molar-refractivity contribution >= 4 is 17.4 Å². The summed E-state index contributed by atoms with van der Waals surface area (Å²) in [6, 6.07) is 3.55. The molecule has 150 valence electrons. The maximum atomic E-state index is 13.6. The summed E-state index contributed by atoms with van der Waals surface area (Å²) in [6.07, 6.45) is 1.74. The molecule has 0 radical (unpaired) electrons. The predicted octanol–water partition coefficient (Wildman–Crippen LogP) is 4.73. The standard InChI is InChI=1S/C22H29FN4O/c1-13-7-18(25-15(3)20(13)26-19(28)9-22(4,5)6)27-11-14(2)21-16(12-27)8-17(23)10-24-21/h7-8,10,14H,9,11-12H2,1-6H3,(H,26,28). The van der Waals surface area contributed by atoms with Gasteiger partial charge in [0.15, 0.2) is 0 Å². The van der Waals surface area contributed by atoms with E-state index in [-0.39, 0.29) is 23.1 Å². The molecule has 2 aromatic heterocycles. The number of fused-ring (bicyclic) bond motifs is 1. The molecule has 1 N–H and O–H groups in total. The number of nitrogens with one attached hydrogen (secondary N) is 1. The van der Waals surface area contributed by atoms with Crippen LogP contribution in [0.2, 0.25) is 0 Å². The van der Waals surface area contributed by atoms with E-state index in [2.05, 4.69) is 22.1 Å². The normalized spacial score (nSPS) is 16.7. The third kappa shape index (κ3) is 4.49. The summed E-state index contributed by atoms with van der Waals surface area (Å²) >= 11 is 0. The zero-order chi connectivity index (χ0) is 20.6. The minimum absolute atomic E-state index is 0.00433. The Bertz CT molecular complexity index is 881. The highest BCUT2D eigenvalue weighted by atomic mass is 19.1. The first-order valence-corrected chi connectivity index (χ1v) is 9.71. The Morgan fingerprint density at radius 1 is 1.32 bits per heavy atom. The maximum Gasteiger partial charge on any atom is 0.224 e. The van der Waals surface area contributed by atoms with E-state index in [1.54, 1.807) is 6.07 Å². The number of anilines is 2. The Labute approximate surface area is 166 Å². The molecule has 2 aromatic rings. The Balaban J connectivity index is 1.84. The molecule has 1 amide bonds. The summed E-state index contributed by atoms with van der Waals surface area (Å²) in [6.45, 7) is 13.5. The van der Waals surface area contributed by atoms with E-state index in [1.165, 1.54) is 6.20 Å². The molecule has 6 heteroatoms. The Morgan fingerprint density at radius 2 is 2.04 bits per heavy atom.